The summed E-state index contributed by atoms with van der Waals surface area (Å²) in [5.41, 5.74) is 0.603. The first-order valence-electron chi connectivity index (χ1n) is 22.9. The summed E-state index contributed by atoms with van der Waals surface area (Å²) in [5.74, 6) is -2.80. The molecular weight excluding hydrogens is 907 g/mol. The van der Waals surface area contributed by atoms with Crippen molar-refractivity contribution in [3.05, 3.63) is 64.2 Å². The van der Waals surface area contributed by atoms with E-state index >= 15 is 0 Å². The number of aliphatic hydroxyl groups excluding tert-OH is 1. The van der Waals surface area contributed by atoms with Crippen LogP contribution in [0.25, 0.3) is 0 Å². The number of likely N-dealkylation sites (tertiary alicyclic amines) is 1. The third-order valence-corrected chi connectivity index (χ3v) is 16.0. The number of amides is 2. The van der Waals surface area contributed by atoms with E-state index < -0.39 is 75.4 Å². The molecule has 0 aliphatic carbocycles. The largest absolute Gasteiger partial charge is 0.493 e. The van der Waals surface area contributed by atoms with Crippen molar-refractivity contribution < 1.29 is 61.6 Å². The van der Waals surface area contributed by atoms with E-state index in [1.807, 2.05) is 26.0 Å². The first kappa shape index (κ1) is 51.7. The molecule has 67 heavy (non-hydrogen) atoms. The third kappa shape index (κ3) is 11.9. The summed E-state index contributed by atoms with van der Waals surface area (Å²) >= 11 is 1.39. The molecule has 4 heterocycles. The average Bonchev–Trinajstić information content (AvgIpc) is 3.86. The average molecular weight is 972 g/mol. The Morgan fingerprint density at radius 2 is 1.79 bits per heavy atom. The molecule has 368 valence electrons. The highest BCUT2D eigenvalue weighted by molar-refractivity contribution is 8.03. The van der Waals surface area contributed by atoms with Gasteiger partial charge in [-0.15, -0.1) is 11.8 Å². The number of carbonyl (C=O) groups is 5. The predicted octanol–water partition coefficient (Wildman–Crippen LogP) is 3.73. The number of carboxylic acid groups (broad SMARTS) is 1. The number of aliphatic carboxylic acids is 1. The predicted molar refractivity (Wildman–Crippen MR) is 249 cm³/mol. The number of fused-ring (bicyclic) bond motifs is 1. The van der Waals surface area contributed by atoms with Gasteiger partial charge in [0.1, 0.15) is 30.2 Å². The van der Waals surface area contributed by atoms with Crippen LogP contribution in [-0.4, -0.2) is 134 Å². The number of esters is 1. The highest BCUT2D eigenvalue weighted by Crippen LogP contribution is 2.52. The van der Waals surface area contributed by atoms with Crippen LogP contribution in [0.1, 0.15) is 90.4 Å². The summed E-state index contributed by atoms with van der Waals surface area (Å²) in [6.07, 6.45) is 1.87. The van der Waals surface area contributed by atoms with Crippen molar-refractivity contribution >= 4 is 51.5 Å². The fraction of sp³-hybridized carbons (Fsp3) is 0.596. The van der Waals surface area contributed by atoms with E-state index in [2.05, 4.69) is 14.8 Å². The number of thioether (sulfide) groups is 1. The first-order chi connectivity index (χ1) is 31.8. The van der Waals surface area contributed by atoms with Crippen LogP contribution in [0.4, 0.5) is 0 Å². The van der Waals surface area contributed by atoms with Gasteiger partial charge in [-0.3, -0.25) is 14.4 Å². The second kappa shape index (κ2) is 22.1. The van der Waals surface area contributed by atoms with Gasteiger partial charge in [0.2, 0.25) is 11.7 Å². The van der Waals surface area contributed by atoms with Gasteiger partial charge < -0.3 is 44.3 Å². The molecule has 0 unspecified atom stereocenters. The topological polar surface area (TPSA) is 239 Å². The summed E-state index contributed by atoms with van der Waals surface area (Å²) in [5, 5.41) is 23.4. The number of nitrogens with one attached hydrogen (secondary N) is 3. The molecule has 6 rings (SSSR count). The lowest BCUT2D eigenvalue weighted by Gasteiger charge is -2.46. The number of ether oxygens (including phenoxy) is 4. The molecule has 3 fully saturated rings. The first-order valence-corrected chi connectivity index (χ1v) is 25.3. The Bertz CT molecular complexity index is 2310. The van der Waals surface area contributed by atoms with E-state index in [1.54, 1.807) is 58.4 Å². The molecule has 2 aromatic rings. The zero-order chi connectivity index (χ0) is 48.8. The van der Waals surface area contributed by atoms with Crippen LogP contribution in [0.3, 0.4) is 0 Å². The molecule has 3 saturated heterocycles. The van der Waals surface area contributed by atoms with Crippen LogP contribution in [0, 0.1) is 17.3 Å². The Morgan fingerprint density at radius 3 is 2.48 bits per heavy atom. The van der Waals surface area contributed by atoms with Crippen molar-refractivity contribution in [1.82, 2.24) is 24.6 Å². The number of benzene rings is 2. The van der Waals surface area contributed by atoms with Crippen molar-refractivity contribution in [3.63, 3.8) is 0 Å². The molecule has 18 nitrogen and oxygen atoms in total. The lowest BCUT2D eigenvalue weighted by molar-refractivity contribution is -0.164. The maximum absolute atomic E-state index is 14.0. The molecule has 0 spiro atoms. The SMILES string of the molecule is CCC(C)(C)C(=O)C(=O)N1CCCC[C@H]1C(=O)O[C@H](CCc1ccc(OC)c(OC)c1)c1cccc(OCCNS(=O)(=O)NC[C@@H]2C[C@H](SC3=C(C(=O)O)N4C(=O)[C@H]([C@@H](C)O)[C@H]4[C@H]3C)CN2)c1. The van der Waals surface area contributed by atoms with Gasteiger partial charge in [0.25, 0.3) is 16.1 Å². The van der Waals surface area contributed by atoms with Crippen molar-refractivity contribution in [2.75, 3.05) is 47.0 Å². The number of methoxy groups -OCH3 is 2. The van der Waals surface area contributed by atoms with Gasteiger partial charge in [-0.25, -0.2) is 14.3 Å². The minimum atomic E-state index is -3.94. The second-order valence-electron chi connectivity index (χ2n) is 18.3. The van der Waals surface area contributed by atoms with Crippen molar-refractivity contribution in [2.24, 2.45) is 17.3 Å². The van der Waals surface area contributed by atoms with E-state index in [-0.39, 0.29) is 49.1 Å². The van der Waals surface area contributed by atoms with Gasteiger partial charge in [-0.1, -0.05) is 45.9 Å². The van der Waals surface area contributed by atoms with E-state index in [0.29, 0.717) is 79.2 Å². The molecule has 5 N–H and O–H groups in total. The molecular formula is C47H65N5O13S2. The Morgan fingerprint density at radius 1 is 1.04 bits per heavy atom. The molecule has 2 amide bonds. The van der Waals surface area contributed by atoms with Gasteiger partial charge in [-0.2, -0.15) is 13.1 Å². The molecule has 4 aliphatic rings. The molecule has 0 aromatic heterocycles. The van der Waals surface area contributed by atoms with Crippen molar-refractivity contribution in [3.8, 4) is 17.2 Å². The Kier molecular flexibility index (Phi) is 17.1. The highest BCUT2D eigenvalue weighted by Gasteiger charge is 2.60. The van der Waals surface area contributed by atoms with Gasteiger partial charge in [0.15, 0.2) is 11.5 Å². The monoisotopic (exact) mass is 971 g/mol. The van der Waals surface area contributed by atoms with Crippen molar-refractivity contribution in [1.29, 1.82) is 0 Å². The number of ketones is 1. The summed E-state index contributed by atoms with van der Waals surface area (Å²) in [4.78, 5) is 69.0. The maximum atomic E-state index is 14.0. The van der Waals surface area contributed by atoms with Gasteiger partial charge >= 0.3 is 11.9 Å². The Hall–Kier alpha value is -4.73. The number of Topliss-reactive ketones (excluding diaryl/α,β-unsaturated/α-hetero) is 1. The van der Waals surface area contributed by atoms with Crippen LogP contribution in [0.15, 0.2) is 53.1 Å². The molecule has 8 atom stereocenters. The smallest absolute Gasteiger partial charge is 0.353 e. The lowest BCUT2D eigenvalue weighted by Crippen LogP contribution is -2.63. The van der Waals surface area contributed by atoms with Crippen LogP contribution >= 0.6 is 11.8 Å². The van der Waals surface area contributed by atoms with Gasteiger partial charge in [0, 0.05) is 53.7 Å². The maximum Gasteiger partial charge on any atom is 0.353 e. The molecule has 2 aromatic carbocycles. The summed E-state index contributed by atoms with van der Waals surface area (Å²) in [7, 11) is -0.840. The number of carboxylic acids is 1. The van der Waals surface area contributed by atoms with Crippen LogP contribution in [0.2, 0.25) is 0 Å². The fourth-order valence-corrected chi connectivity index (χ4v) is 11.5. The van der Waals surface area contributed by atoms with Crippen LogP contribution in [0.5, 0.6) is 17.2 Å². The Labute approximate surface area is 397 Å². The van der Waals surface area contributed by atoms with E-state index in [4.69, 9.17) is 18.9 Å². The number of rotatable bonds is 23. The number of hydrogen-bond donors (Lipinski definition) is 5. The van der Waals surface area contributed by atoms with Gasteiger partial charge in [-0.05, 0) is 87.3 Å². The normalized spacial score (nSPS) is 23.9. The van der Waals surface area contributed by atoms with E-state index in [0.717, 1.165) is 5.56 Å². The molecule has 20 heteroatoms. The molecule has 0 bridgehead atoms. The zero-order valence-corrected chi connectivity index (χ0v) is 40.9. The number of carbonyl (C=O) groups excluding carboxylic acids is 4. The highest BCUT2D eigenvalue weighted by atomic mass is 32.2. The Balaban J connectivity index is 1.04. The van der Waals surface area contributed by atoms with E-state index in [9.17, 15) is 42.6 Å². The van der Waals surface area contributed by atoms with Crippen LogP contribution < -0.4 is 29.0 Å². The third-order valence-electron chi connectivity index (χ3n) is 13.3. The number of nitrogens with zero attached hydrogens (tertiary/aromatic N) is 2. The summed E-state index contributed by atoms with van der Waals surface area (Å²) < 4.78 is 54.1. The second-order valence-corrected chi connectivity index (χ2v) is 21.2. The molecule has 0 radical (unpaired) electrons. The number of β-lactam (4-membered cyclic amide) rings is 1. The standard InChI is InChI=1S/C47H65N5O13S2/c1-8-47(4,5)42(54)44(56)51-20-10-9-14-34(51)46(59)65-35(17-15-29-16-18-36(62-6)37(22-29)63-7)30-12-11-13-32(23-30)64-21-19-49-67(60,61)50-25-31-24-33(26-48-31)66-41-27(2)39-38(28(3)53)43(55)52(39)40(41)45(57)58/h11-13,16,18,22-23,27-28,31,33-35,38-39,48-50,53H,8-10,14-15,17,19-21,24-26H2,1-7H3,(H,57,58)/t27-,28-,31+,33+,34+,35-,38-,39-/m1/s1. The number of hydrogen-bond acceptors (Lipinski definition) is 14. The number of aryl methyl sites for hydroxylation is 1. The zero-order valence-electron chi connectivity index (χ0n) is 39.2. The van der Waals surface area contributed by atoms with E-state index in [1.165, 1.54) is 28.5 Å². The minimum Gasteiger partial charge on any atom is -0.493 e. The summed E-state index contributed by atoms with van der Waals surface area (Å²) in [6, 6.07) is 11.0. The van der Waals surface area contributed by atoms with Gasteiger partial charge in [0.05, 0.1) is 32.3 Å². The molecule has 0 saturated carbocycles. The molecule has 4 aliphatic heterocycles. The lowest BCUT2D eigenvalue weighted by atomic mass is 9.79. The summed E-state index contributed by atoms with van der Waals surface area (Å²) in [6.45, 7) is 9.45. The fourth-order valence-electron chi connectivity index (χ4n) is 9.14. The minimum absolute atomic E-state index is 0.0300. The van der Waals surface area contributed by atoms with Crippen molar-refractivity contribution in [2.45, 2.75) is 115 Å². The number of aliphatic hydroxyl groups is 1. The quantitative estimate of drug-likeness (QED) is 0.0462. The number of piperidine rings is 1. The van der Waals surface area contributed by atoms with Crippen LogP contribution in [-0.2, 0) is 45.3 Å².